The molecule has 3 N–H and O–H groups in total. The fourth-order valence-corrected chi connectivity index (χ4v) is 8.51. The molecule has 4 aromatic carbocycles. The number of azo groups is 2. The summed E-state index contributed by atoms with van der Waals surface area (Å²) in [5.41, 5.74) is 4.11. The summed E-state index contributed by atoms with van der Waals surface area (Å²) in [6.45, 7) is -1.90. The summed E-state index contributed by atoms with van der Waals surface area (Å²) < 4.78 is 162. The van der Waals surface area contributed by atoms with Crippen LogP contribution in [0.3, 0.4) is 0 Å². The molecule has 0 saturated heterocycles. The number of aromatic hydroxyl groups is 1. The van der Waals surface area contributed by atoms with Crippen LogP contribution in [0, 0.1) is 0 Å². The second-order valence-corrected chi connectivity index (χ2v) is 18.9. The van der Waals surface area contributed by atoms with E-state index in [-0.39, 0.29) is 167 Å². The molecule has 0 fully saturated rings. The van der Waals surface area contributed by atoms with Gasteiger partial charge in [-0.15, -0.1) is 10.2 Å². The molecule has 0 aliphatic heterocycles. The Kier molecular flexibility index (Phi) is 24.7. The molecule has 0 unspecified atom stereocenters. The molecular weight excluding hydrogens is 971 g/mol. The van der Waals surface area contributed by atoms with E-state index in [0.717, 1.165) is 60.7 Å². The topological polar surface area (TPSA) is 396 Å². The summed E-state index contributed by atoms with van der Waals surface area (Å²) in [5.74, 6) is -2.59. The third-order valence-electron chi connectivity index (χ3n) is 6.82. The van der Waals surface area contributed by atoms with Crippen LogP contribution >= 0.6 is 12.0 Å². The van der Waals surface area contributed by atoms with Gasteiger partial charge >= 0.3 is 118 Å². The van der Waals surface area contributed by atoms with Crippen molar-refractivity contribution in [2.45, 2.75) is 19.6 Å². The third-order valence-corrected chi connectivity index (χ3v) is 12.6. The fourth-order valence-electron chi connectivity index (χ4n) is 4.40. The Hall–Kier alpha value is -0.280. The van der Waals surface area contributed by atoms with Crippen LogP contribution in [0.2, 0.25) is 0 Å². The maximum absolute atomic E-state index is 12.5. The standard InChI is InChI=1S/C26H25N5O19S6.4Na/c27-23-22-15(14-21(54(38,39)40)25(23)31-29-17-3-7-19(8-4-17)53(36,37)12-10-48-56(44,45)46)13-20(51-50-49-33)24(26(22)32)30-28-16-1-5-18(6-2-16)52(34,35)11-9-47-55(41,42)43;;;;/h1-8,13-14,32-33H,9-12,27H2,(H,38,39,40)(H,41,42,43)(H,44,45,46);;;;/q;4*+1/p-4. The molecule has 4 rings (SSSR count). The minimum Gasteiger partial charge on any atom is -0.744 e. The molecule has 0 radical (unpaired) electrons. The van der Waals surface area contributed by atoms with E-state index in [1.807, 2.05) is 0 Å². The van der Waals surface area contributed by atoms with Gasteiger partial charge in [0.05, 0.1) is 78.8 Å². The van der Waals surface area contributed by atoms with E-state index in [2.05, 4.69) is 38.2 Å². The molecule has 0 saturated carbocycles. The number of nitrogens with zero attached hydrogens (tertiary/aromatic N) is 4. The zero-order valence-corrected chi connectivity index (χ0v) is 44.1. The first kappa shape index (κ1) is 59.7. The SMILES string of the molecule is Nc1c(N=Nc2ccc(S(=O)(=O)CCOS(=O)(=O)[O-])cc2)c(S(=O)(=O)[O-])cc2cc(SOO[O-])c(N=Nc3ccc(S(=O)(=O)CCOS(=O)(=O)[O-])cc3)c(O)c12.[Na+].[Na+].[Na+].[Na+]. The molecular formula is C26H21N5Na4O19S6. The number of hydrogen-bond donors (Lipinski definition) is 2. The van der Waals surface area contributed by atoms with Crippen molar-refractivity contribution in [3.05, 3.63) is 60.7 Å². The van der Waals surface area contributed by atoms with Gasteiger partial charge in [0.2, 0.25) is 20.8 Å². The number of fused-ring (bicyclic) bond motifs is 1. The normalized spacial score (nSPS) is 12.4. The number of hydrogen-bond acceptors (Lipinski definition) is 25. The summed E-state index contributed by atoms with van der Waals surface area (Å²) in [7, 11) is -23.9. The van der Waals surface area contributed by atoms with Crippen LogP contribution in [0.15, 0.2) is 101 Å². The van der Waals surface area contributed by atoms with E-state index in [4.69, 9.17) is 5.73 Å². The quantitative estimate of drug-likeness (QED) is 0.0137. The molecule has 0 amide bonds. The number of nitrogens with two attached hydrogens (primary N) is 1. The monoisotopic (exact) mass is 991 g/mol. The van der Waals surface area contributed by atoms with Crippen molar-refractivity contribution in [2.75, 3.05) is 30.5 Å². The van der Waals surface area contributed by atoms with Crippen molar-refractivity contribution in [3.63, 3.8) is 0 Å². The smallest absolute Gasteiger partial charge is 0.744 e. The van der Waals surface area contributed by atoms with Gasteiger partial charge in [0.15, 0.2) is 25.4 Å². The van der Waals surface area contributed by atoms with Crippen LogP contribution in [0.1, 0.15) is 0 Å². The minimum absolute atomic E-state index is 0. The summed E-state index contributed by atoms with van der Waals surface area (Å²) in [6, 6.07) is 10.4. The first-order valence-electron chi connectivity index (χ1n) is 14.3. The summed E-state index contributed by atoms with van der Waals surface area (Å²) in [4.78, 5) is -1.98. The molecule has 0 atom stereocenters. The largest absolute Gasteiger partial charge is 1.00 e. The zero-order valence-electron chi connectivity index (χ0n) is 31.2. The fraction of sp³-hybridized carbons (Fsp3) is 0.154. The molecule has 0 aromatic heterocycles. The van der Waals surface area contributed by atoms with Gasteiger partial charge in [-0.2, -0.15) is 14.6 Å². The Morgan fingerprint density at radius 1 is 0.633 bits per heavy atom. The molecule has 34 heteroatoms. The van der Waals surface area contributed by atoms with Crippen molar-refractivity contribution in [3.8, 4) is 5.75 Å². The molecule has 60 heavy (non-hydrogen) atoms. The van der Waals surface area contributed by atoms with Gasteiger partial charge < -0.3 is 29.8 Å². The average Bonchev–Trinajstić information content (AvgIpc) is 3.08. The number of sulfone groups is 2. The summed E-state index contributed by atoms with van der Waals surface area (Å²) in [6.07, 6.45) is 0. The predicted octanol–water partition coefficient (Wildman–Crippen LogP) is -10.4. The zero-order chi connectivity index (χ0) is 41.7. The van der Waals surface area contributed by atoms with Gasteiger partial charge in [-0.1, -0.05) is 0 Å². The second-order valence-electron chi connectivity index (χ2n) is 10.5. The Morgan fingerprint density at radius 2 is 1.05 bits per heavy atom. The van der Waals surface area contributed by atoms with Crippen molar-refractivity contribution in [2.24, 2.45) is 20.5 Å². The Labute approximate surface area is 434 Å². The predicted molar refractivity (Wildman–Crippen MR) is 183 cm³/mol. The van der Waals surface area contributed by atoms with Gasteiger partial charge in [0.25, 0.3) is 0 Å². The van der Waals surface area contributed by atoms with E-state index in [0.29, 0.717) is 0 Å². The first-order valence-corrected chi connectivity index (χ1v) is 22.4. The van der Waals surface area contributed by atoms with Crippen LogP contribution in [0.4, 0.5) is 28.4 Å². The molecule has 0 heterocycles. The van der Waals surface area contributed by atoms with E-state index in [9.17, 15) is 66.1 Å². The van der Waals surface area contributed by atoms with Crippen LogP contribution in [0.5, 0.6) is 5.75 Å². The van der Waals surface area contributed by atoms with Crippen LogP contribution in [-0.2, 0) is 68.3 Å². The molecule has 0 aliphatic carbocycles. The number of benzene rings is 4. The Morgan fingerprint density at radius 3 is 1.43 bits per heavy atom. The van der Waals surface area contributed by atoms with E-state index in [1.165, 1.54) is 0 Å². The Balaban J connectivity index is 0.00000870. The number of phenolic OH excluding ortho intramolecular Hbond substituents is 1. The Bertz CT molecular complexity index is 2770. The number of anilines is 1. The third kappa shape index (κ3) is 17.3. The van der Waals surface area contributed by atoms with Gasteiger partial charge in [0.1, 0.15) is 21.5 Å². The maximum atomic E-state index is 12.5. The first-order chi connectivity index (χ1) is 25.9. The van der Waals surface area contributed by atoms with Gasteiger partial charge in [-0.3, -0.25) is 13.4 Å². The van der Waals surface area contributed by atoms with E-state index < -0.39 is 103 Å². The molecule has 0 spiro atoms. The van der Waals surface area contributed by atoms with Crippen LogP contribution in [-0.4, -0.2) is 85.6 Å². The van der Waals surface area contributed by atoms with Crippen LogP contribution in [0.25, 0.3) is 10.8 Å². The van der Waals surface area contributed by atoms with Gasteiger partial charge in [-0.05, 0) is 66.0 Å². The number of nitrogen functional groups attached to an aromatic ring is 1. The number of phenols is 1. The number of rotatable bonds is 18. The molecule has 0 aliphatic rings. The molecule has 0 bridgehead atoms. The van der Waals surface area contributed by atoms with E-state index in [1.54, 1.807) is 0 Å². The summed E-state index contributed by atoms with van der Waals surface area (Å²) >= 11 is 0.160. The van der Waals surface area contributed by atoms with Crippen molar-refractivity contribution in [1.82, 2.24) is 0 Å². The van der Waals surface area contributed by atoms with Crippen LogP contribution < -0.4 is 129 Å². The second kappa shape index (κ2) is 24.9. The molecule has 24 nitrogen and oxygen atoms in total. The van der Waals surface area contributed by atoms with Crippen molar-refractivity contribution in [1.29, 1.82) is 0 Å². The average molecular weight is 992 g/mol. The molecule has 304 valence electrons. The van der Waals surface area contributed by atoms with Gasteiger partial charge in [-0.25, -0.2) is 42.1 Å². The maximum Gasteiger partial charge on any atom is 1.00 e. The summed E-state index contributed by atoms with van der Waals surface area (Å²) in [5, 5.41) is 39.9. The van der Waals surface area contributed by atoms with Crippen molar-refractivity contribution >= 4 is 102 Å². The van der Waals surface area contributed by atoms with Gasteiger partial charge in [0, 0.05) is 0 Å². The van der Waals surface area contributed by atoms with E-state index >= 15 is 0 Å². The molecule has 4 aromatic rings. The van der Waals surface area contributed by atoms with Crippen molar-refractivity contribution < 1.29 is 202 Å². The minimum atomic E-state index is -5.39.